The summed E-state index contributed by atoms with van der Waals surface area (Å²) in [4.78, 5) is 11.9. The number of aromatic amines is 2. The molecule has 0 fully saturated rings. The van der Waals surface area contributed by atoms with Gasteiger partial charge in [-0.05, 0) is 18.2 Å². The summed E-state index contributed by atoms with van der Waals surface area (Å²) in [6.45, 7) is 0.615. The second-order valence-electron chi connectivity index (χ2n) is 4.79. The average molecular weight is 289 g/mol. The average Bonchev–Trinajstić information content (AvgIpc) is 3.08. The number of rotatable bonds is 6. The Morgan fingerprint density at radius 2 is 2.05 bits per heavy atom. The molecule has 0 aliphatic carbocycles. The quantitative estimate of drug-likeness (QED) is 0.725. The predicted octanol–water partition coefficient (Wildman–Crippen LogP) is 1.79. The van der Waals surface area contributed by atoms with E-state index in [1.165, 1.54) is 12.1 Å². The number of ether oxygens (including phenoxy) is 1. The van der Waals surface area contributed by atoms with Crippen LogP contribution in [0.2, 0.25) is 0 Å². The highest BCUT2D eigenvalue weighted by atomic mass is 19.1. The molecular formula is C14H16FN5O. The van der Waals surface area contributed by atoms with Crippen molar-refractivity contribution in [3.63, 3.8) is 0 Å². The van der Waals surface area contributed by atoms with Crippen molar-refractivity contribution in [2.24, 2.45) is 0 Å². The zero-order valence-electron chi connectivity index (χ0n) is 11.7. The Morgan fingerprint density at radius 3 is 2.90 bits per heavy atom. The zero-order valence-corrected chi connectivity index (χ0v) is 11.7. The molecule has 21 heavy (non-hydrogen) atoms. The van der Waals surface area contributed by atoms with E-state index in [9.17, 15) is 4.39 Å². The van der Waals surface area contributed by atoms with Crippen molar-refractivity contribution in [2.75, 3.05) is 13.7 Å². The Bertz CT molecular complexity index is 736. The first-order chi connectivity index (χ1) is 10.2. The van der Waals surface area contributed by atoms with Crippen molar-refractivity contribution >= 4 is 11.0 Å². The number of halogens is 1. The van der Waals surface area contributed by atoms with E-state index in [1.54, 1.807) is 13.2 Å². The molecule has 7 heteroatoms. The monoisotopic (exact) mass is 289 g/mol. The Morgan fingerprint density at radius 1 is 1.14 bits per heavy atom. The highest BCUT2D eigenvalue weighted by molar-refractivity contribution is 5.74. The molecular weight excluding hydrogens is 273 g/mol. The molecule has 0 bridgehead atoms. The third-order valence-corrected chi connectivity index (χ3v) is 3.20. The van der Waals surface area contributed by atoms with Crippen LogP contribution in [0.15, 0.2) is 18.2 Å². The molecule has 0 spiro atoms. The molecule has 0 saturated heterocycles. The molecule has 0 aliphatic rings. The maximum atomic E-state index is 13.1. The SMILES string of the molecule is COCCc1nc(CCc2nc3ccc(F)cc3[nH]2)n[nH]1. The molecule has 3 aromatic rings. The van der Waals surface area contributed by atoms with Crippen LogP contribution in [-0.4, -0.2) is 38.9 Å². The Balaban J connectivity index is 1.64. The van der Waals surface area contributed by atoms with Crippen molar-refractivity contribution < 1.29 is 9.13 Å². The lowest BCUT2D eigenvalue weighted by atomic mass is 10.3. The molecule has 0 radical (unpaired) electrons. The number of aromatic nitrogens is 5. The van der Waals surface area contributed by atoms with Gasteiger partial charge in [0.2, 0.25) is 0 Å². The van der Waals surface area contributed by atoms with Gasteiger partial charge in [0.25, 0.3) is 0 Å². The van der Waals surface area contributed by atoms with Crippen LogP contribution in [0.25, 0.3) is 11.0 Å². The van der Waals surface area contributed by atoms with Crippen molar-refractivity contribution in [1.29, 1.82) is 0 Å². The summed E-state index contributed by atoms with van der Waals surface area (Å²) >= 11 is 0. The van der Waals surface area contributed by atoms with Gasteiger partial charge in [0.15, 0.2) is 5.82 Å². The fourth-order valence-electron chi connectivity index (χ4n) is 2.14. The van der Waals surface area contributed by atoms with E-state index in [1.807, 2.05) is 0 Å². The Labute approximate surface area is 120 Å². The summed E-state index contributed by atoms with van der Waals surface area (Å²) in [7, 11) is 1.65. The second-order valence-corrected chi connectivity index (χ2v) is 4.79. The van der Waals surface area contributed by atoms with Crippen molar-refractivity contribution in [1.82, 2.24) is 25.1 Å². The van der Waals surface area contributed by atoms with E-state index in [2.05, 4.69) is 25.1 Å². The first-order valence-electron chi connectivity index (χ1n) is 6.78. The molecule has 3 rings (SSSR count). The number of fused-ring (bicyclic) bond motifs is 1. The van der Waals surface area contributed by atoms with Crippen LogP contribution in [0, 0.1) is 5.82 Å². The minimum Gasteiger partial charge on any atom is -0.384 e. The number of hydrogen-bond donors (Lipinski definition) is 2. The van der Waals surface area contributed by atoms with Crippen molar-refractivity contribution in [2.45, 2.75) is 19.3 Å². The fourth-order valence-corrected chi connectivity index (χ4v) is 2.14. The minimum absolute atomic E-state index is 0.269. The van der Waals surface area contributed by atoms with Crippen molar-refractivity contribution in [3.05, 3.63) is 41.5 Å². The predicted molar refractivity (Wildman–Crippen MR) is 75.4 cm³/mol. The van der Waals surface area contributed by atoms with Gasteiger partial charge in [-0.15, -0.1) is 0 Å². The van der Waals surface area contributed by atoms with Gasteiger partial charge in [-0.1, -0.05) is 0 Å². The molecule has 0 atom stereocenters. The third-order valence-electron chi connectivity index (χ3n) is 3.20. The van der Waals surface area contributed by atoms with Gasteiger partial charge in [-0.25, -0.2) is 14.4 Å². The fraction of sp³-hybridized carbons (Fsp3) is 0.357. The molecule has 110 valence electrons. The number of imidazole rings is 1. The van der Waals surface area contributed by atoms with Gasteiger partial charge >= 0.3 is 0 Å². The number of nitrogens with one attached hydrogen (secondary N) is 2. The molecule has 0 amide bonds. The Hall–Kier alpha value is -2.28. The van der Waals surface area contributed by atoms with Crippen LogP contribution < -0.4 is 0 Å². The third kappa shape index (κ3) is 3.25. The van der Waals surface area contributed by atoms with Crippen LogP contribution in [-0.2, 0) is 24.0 Å². The lowest BCUT2D eigenvalue weighted by molar-refractivity contribution is 0.200. The molecule has 2 N–H and O–H groups in total. The van der Waals surface area contributed by atoms with E-state index in [4.69, 9.17) is 4.74 Å². The van der Waals surface area contributed by atoms with Crippen LogP contribution in [0.3, 0.4) is 0 Å². The highest BCUT2D eigenvalue weighted by Crippen LogP contribution is 2.13. The second kappa shape index (κ2) is 6.01. The largest absolute Gasteiger partial charge is 0.384 e. The summed E-state index contributed by atoms with van der Waals surface area (Å²) in [5, 5.41) is 7.05. The summed E-state index contributed by atoms with van der Waals surface area (Å²) in [5.74, 6) is 2.10. The molecule has 0 unspecified atom stereocenters. The van der Waals surface area contributed by atoms with Crippen molar-refractivity contribution in [3.8, 4) is 0 Å². The van der Waals surface area contributed by atoms with Crippen LogP contribution in [0.1, 0.15) is 17.5 Å². The van der Waals surface area contributed by atoms with E-state index in [0.717, 1.165) is 23.0 Å². The van der Waals surface area contributed by atoms with Gasteiger partial charge in [0.1, 0.15) is 17.5 Å². The summed E-state index contributed by atoms with van der Waals surface area (Å²) in [6, 6.07) is 4.52. The van der Waals surface area contributed by atoms with Gasteiger partial charge in [0, 0.05) is 26.4 Å². The van der Waals surface area contributed by atoms with E-state index in [0.29, 0.717) is 31.4 Å². The topological polar surface area (TPSA) is 79.5 Å². The lowest BCUT2D eigenvalue weighted by Gasteiger charge is -1.93. The summed E-state index contributed by atoms with van der Waals surface area (Å²) in [6.07, 6.45) is 2.07. The molecule has 2 aromatic heterocycles. The first kappa shape index (κ1) is 13.7. The smallest absolute Gasteiger partial charge is 0.151 e. The molecule has 1 aromatic carbocycles. The number of aryl methyl sites for hydroxylation is 2. The number of H-pyrrole nitrogens is 2. The van der Waals surface area contributed by atoms with Crippen LogP contribution >= 0.6 is 0 Å². The minimum atomic E-state index is -0.269. The standard InChI is InChI=1S/C14H16FN5O/c1-21-7-6-14-18-13(19-20-14)5-4-12-16-10-3-2-9(15)8-11(10)17-12/h2-3,8H,4-7H2,1H3,(H,16,17)(H,18,19,20). The van der Waals surface area contributed by atoms with E-state index in [-0.39, 0.29) is 5.82 Å². The number of nitrogens with zero attached hydrogens (tertiary/aromatic N) is 3. The van der Waals surface area contributed by atoms with Gasteiger partial charge in [-0.2, -0.15) is 5.10 Å². The summed E-state index contributed by atoms with van der Waals surface area (Å²) in [5.41, 5.74) is 1.47. The summed E-state index contributed by atoms with van der Waals surface area (Å²) < 4.78 is 18.1. The number of methoxy groups -OCH3 is 1. The van der Waals surface area contributed by atoms with Crippen LogP contribution in [0.5, 0.6) is 0 Å². The normalized spacial score (nSPS) is 11.3. The number of hydrogen-bond acceptors (Lipinski definition) is 4. The highest BCUT2D eigenvalue weighted by Gasteiger charge is 2.07. The lowest BCUT2D eigenvalue weighted by Crippen LogP contribution is -1.97. The Kier molecular flexibility index (Phi) is 3.92. The molecule has 6 nitrogen and oxygen atoms in total. The van der Waals surface area contributed by atoms with E-state index >= 15 is 0 Å². The van der Waals surface area contributed by atoms with Crippen LogP contribution in [0.4, 0.5) is 4.39 Å². The van der Waals surface area contributed by atoms with Gasteiger partial charge in [0.05, 0.1) is 17.6 Å². The number of benzene rings is 1. The molecule has 2 heterocycles. The maximum absolute atomic E-state index is 13.1. The van der Waals surface area contributed by atoms with E-state index < -0.39 is 0 Å². The van der Waals surface area contributed by atoms with Gasteiger partial charge in [-0.3, -0.25) is 5.10 Å². The molecule has 0 saturated carbocycles. The first-order valence-corrected chi connectivity index (χ1v) is 6.78. The maximum Gasteiger partial charge on any atom is 0.151 e. The van der Waals surface area contributed by atoms with Gasteiger partial charge < -0.3 is 9.72 Å². The molecule has 0 aliphatic heterocycles. The zero-order chi connectivity index (χ0) is 14.7.